The average Bonchev–Trinajstić information content (AvgIpc) is 2.76. The van der Waals surface area contributed by atoms with Crippen LogP contribution in [0, 0.1) is 12.7 Å². The summed E-state index contributed by atoms with van der Waals surface area (Å²) in [6.07, 6.45) is 4.33. The molecule has 1 atom stereocenters. The Bertz CT molecular complexity index is 534. The Morgan fingerprint density at radius 1 is 1.44 bits per heavy atom. The van der Waals surface area contributed by atoms with Crippen LogP contribution in [0.1, 0.15) is 29.7 Å². The summed E-state index contributed by atoms with van der Waals surface area (Å²) in [7, 11) is 0. The Morgan fingerprint density at radius 2 is 2.22 bits per heavy atom. The molecule has 0 bridgehead atoms. The zero-order valence-electron chi connectivity index (χ0n) is 10.7. The van der Waals surface area contributed by atoms with Gasteiger partial charge in [0.25, 0.3) is 0 Å². The van der Waals surface area contributed by atoms with Crippen LogP contribution in [0.2, 0.25) is 0 Å². The minimum absolute atomic E-state index is 0.231. The van der Waals surface area contributed by atoms with E-state index in [1.54, 1.807) is 12.3 Å². The lowest BCUT2D eigenvalue weighted by Gasteiger charge is -2.12. The molecule has 0 aliphatic carbocycles. The lowest BCUT2D eigenvalue weighted by atomic mass is 10.00. The highest BCUT2D eigenvalue weighted by Gasteiger charge is 2.13. The van der Waals surface area contributed by atoms with Crippen LogP contribution in [-0.2, 0) is 13.0 Å². The van der Waals surface area contributed by atoms with Crippen LogP contribution in [0.25, 0.3) is 0 Å². The van der Waals surface area contributed by atoms with Gasteiger partial charge in [0.1, 0.15) is 5.82 Å². The van der Waals surface area contributed by atoms with Crippen LogP contribution in [0.4, 0.5) is 4.39 Å². The molecule has 2 rings (SSSR count). The first-order chi connectivity index (χ1) is 8.60. The maximum Gasteiger partial charge on any atom is 0.128 e. The summed E-state index contributed by atoms with van der Waals surface area (Å²) < 4.78 is 15.6. The van der Waals surface area contributed by atoms with Crippen molar-refractivity contribution >= 4 is 0 Å². The number of aryl methyl sites for hydroxylation is 2. The topological polar surface area (TPSA) is 43.8 Å². The van der Waals surface area contributed by atoms with Gasteiger partial charge in [0.15, 0.2) is 0 Å². The maximum absolute atomic E-state index is 13.8. The number of benzene rings is 1. The molecule has 18 heavy (non-hydrogen) atoms. The van der Waals surface area contributed by atoms with E-state index in [1.807, 2.05) is 30.8 Å². The van der Waals surface area contributed by atoms with Gasteiger partial charge in [0.05, 0.1) is 6.20 Å². The Balaban J connectivity index is 2.13. The van der Waals surface area contributed by atoms with E-state index >= 15 is 0 Å². The lowest BCUT2D eigenvalue weighted by Crippen LogP contribution is -2.14. The first-order valence-electron chi connectivity index (χ1n) is 6.13. The molecule has 1 unspecified atom stereocenters. The van der Waals surface area contributed by atoms with Crippen molar-refractivity contribution in [3.05, 3.63) is 53.1 Å². The van der Waals surface area contributed by atoms with Crippen molar-refractivity contribution in [1.29, 1.82) is 0 Å². The number of halogens is 1. The predicted molar refractivity (Wildman–Crippen MR) is 69.7 cm³/mol. The molecule has 2 N–H and O–H groups in total. The zero-order valence-corrected chi connectivity index (χ0v) is 10.7. The van der Waals surface area contributed by atoms with Gasteiger partial charge in [-0.3, -0.25) is 4.68 Å². The van der Waals surface area contributed by atoms with Gasteiger partial charge in [-0.15, -0.1) is 0 Å². The average molecular weight is 247 g/mol. The minimum Gasteiger partial charge on any atom is -0.324 e. The molecular formula is C14H18FN3. The van der Waals surface area contributed by atoms with Gasteiger partial charge in [-0.25, -0.2) is 4.39 Å². The second kappa shape index (κ2) is 5.31. The van der Waals surface area contributed by atoms with Gasteiger partial charge in [-0.05, 0) is 37.5 Å². The van der Waals surface area contributed by atoms with Gasteiger partial charge in [-0.1, -0.05) is 12.1 Å². The summed E-state index contributed by atoms with van der Waals surface area (Å²) in [5.74, 6) is -0.231. The second-order valence-corrected chi connectivity index (χ2v) is 4.54. The highest BCUT2D eigenvalue weighted by molar-refractivity contribution is 5.27. The van der Waals surface area contributed by atoms with E-state index in [2.05, 4.69) is 5.10 Å². The number of hydrogen-bond donors (Lipinski definition) is 1. The van der Waals surface area contributed by atoms with E-state index in [0.717, 1.165) is 17.7 Å². The third kappa shape index (κ3) is 2.76. The molecule has 0 aliphatic rings. The van der Waals surface area contributed by atoms with E-state index in [-0.39, 0.29) is 11.9 Å². The van der Waals surface area contributed by atoms with E-state index in [1.165, 1.54) is 6.07 Å². The Kier molecular flexibility index (Phi) is 3.77. The van der Waals surface area contributed by atoms with Crippen LogP contribution in [0.3, 0.4) is 0 Å². The number of nitrogens with zero attached hydrogens (tertiary/aromatic N) is 2. The second-order valence-electron chi connectivity index (χ2n) is 4.54. The van der Waals surface area contributed by atoms with Crippen molar-refractivity contribution in [2.24, 2.45) is 5.73 Å². The summed E-state index contributed by atoms with van der Waals surface area (Å²) >= 11 is 0. The van der Waals surface area contributed by atoms with Crippen LogP contribution < -0.4 is 5.73 Å². The molecule has 0 spiro atoms. The highest BCUT2D eigenvalue weighted by Crippen LogP contribution is 2.20. The first kappa shape index (κ1) is 12.8. The van der Waals surface area contributed by atoms with Crippen molar-refractivity contribution < 1.29 is 4.39 Å². The molecular weight excluding hydrogens is 229 g/mol. The molecule has 0 fully saturated rings. The Morgan fingerprint density at radius 3 is 2.83 bits per heavy atom. The predicted octanol–water partition coefficient (Wildman–Crippen LogP) is 2.59. The normalized spacial score (nSPS) is 12.7. The number of hydrogen-bond acceptors (Lipinski definition) is 2. The third-order valence-electron chi connectivity index (χ3n) is 3.02. The van der Waals surface area contributed by atoms with Gasteiger partial charge in [-0.2, -0.15) is 5.10 Å². The molecule has 0 saturated carbocycles. The molecule has 1 aromatic heterocycles. The zero-order chi connectivity index (χ0) is 13.1. The van der Waals surface area contributed by atoms with Crippen molar-refractivity contribution in [3.63, 3.8) is 0 Å². The van der Waals surface area contributed by atoms with Gasteiger partial charge in [0.2, 0.25) is 0 Å². The SMILES string of the molecule is CCn1cc(CC(N)c2ccc(C)cc2F)cn1. The number of aromatic nitrogens is 2. The molecule has 0 saturated heterocycles. The van der Waals surface area contributed by atoms with Gasteiger partial charge >= 0.3 is 0 Å². The molecule has 96 valence electrons. The van der Waals surface area contributed by atoms with Crippen LogP contribution >= 0.6 is 0 Å². The van der Waals surface area contributed by atoms with E-state index < -0.39 is 0 Å². The molecule has 0 amide bonds. The summed E-state index contributed by atoms with van der Waals surface area (Å²) in [5, 5.41) is 4.19. The number of rotatable bonds is 4. The lowest BCUT2D eigenvalue weighted by molar-refractivity contribution is 0.579. The molecule has 4 heteroatoms. The maximum atomic E-state index is 13.8. The fourth-order valence-electron chi connectivity index (χ4n) is 1.98. The molecule has 3 nitrogen and oxygen atoms in total. The fourth-order valence-corrected chi connectivity index (χ4v) is 1.98. The van der Waals surface area contributed by atoms with Crippen LogP contribution in [0.15, 0.2) is 30.6 Å². The quantitative estimate of drug-likeness (QED) is 0.902. The monoisotopic (exact) mass is 247 g/mol. The Hall–Kier alpha value is -1.68. The Labute approximate surface area is 106 Å². The molecule has 0 aliphatic heterocycles. The molecule has 0 radical (unpaired) electrons. The standard InChI is InChI=1S/C14H18FN3/c1-3-18-9-11(8-17-18)7-14(16)12-5-4-10(2)6-13(12)15/h4-6,8-9,14H,3,7,16H2,1-2H3. The van der Waals surface area contributed by atoms with Crippen molar-refractivity contribution in [3.8, 4) is 0 Å². The molecule has 2 aromatic rings. The van der Waals surface area contributed by atoms with Crippen molar-refractivity contribution in [2.45, 2.75) is 32.9 Å². The molecule has 1 aromatic carbocycles. The smallest absolute Gasteiger partial charge is 0.128 e. The van der Waals surface area contributed by atoms with E-state index in [0.29, 0.717) is 12.0 Å². The van der Waals surface area contributed by atoms with Gasteiger partial charge in [0, 0.05) is 24.3 Å². The highest BCUT2D eigenvalue weighted by atomic mass is 19.1. The summed E-state index contributed by atoms with van der Waals surface area (Å²) in [6, 6.07) is 4.83. The van der Waals surface area contributed by atoms with Crippen LogP contribution in [-0.4, -0.2) is 9.78 Å². The molecule has 1 heterocycles. The minimum atomic E-state index is -0.333. The van der Waals surface area contributed by atoms with E-state index in [4.69, 9.17) is 5.73 Å². The van der Waals surface area contributed by atoms with E-state index in [9.17, 15) is 4.39 Å². The third-order valence-corrected chi connectivity index (χ3v) is 3.02. The van der Waals surface area contributed by atoms with Crippen molar-refractivity contribution in [2.75, 3.05) is 0 Å². The number of nitrogens with two attached hydrogens (primary N) is 1. The summed E-state index contributed by atoms with van der Waals surface area (Å²) in [6.45, 7) is 4.72. The van der Waals surface area contributed by atoms with Crippen molar-refractivity contribution in [1.82, 2.24) is 9.78 Å². The largest absolute Gasteiger partial charge is 0.324 e. The fraction of sp³-hybridized carbons (Fsp3) is 0.357. The van der Waals surface area contributed by atoms with Crippen LogP contribution in [0.5, 0.6) is 0 Å². The first-order valence-corrected chi connectivity index (χ1v) is 6.13. The van der Waals surface area contributed by atoms with Gasteiger partial charge < -0.3 is 5.73 Å². The summed E-state index contributed by atoms with van der Waals surface area (Å²) in [4.78, 5) is 0. The summed E-state index contributed by atoms with van der Waals surface area (Å²) in [5.41, 5.74) is 8.55.